The fraction of sp³-hybridized carbons (Fsp3) is 0.500. The lowest BCUT2D eigenvalue weighted by atomic mass is 10.2. The van der Waals surface area contributed by atoms with Crippen molar-refractivity contribution < 1.29 is 14.7 Å². The van der Waals surface area contributed by atoms with Gasteiger partial charge in [0.25, 0.3) is 5.91 Å². The van der Waals surface area contributed by atoms with E-state index < -0.39 is 5.97 Å². The average molecular weight is 253 g/mol. The van der Waals surface area contributed by atoms with E-state index in [1.54, 1.807) is 6.07 Å². The van der Waals surface area contributed by atoms with Crippen LogP contribution < -0.4 is 0 Å². The molecule has 1 fully saturated rings. The van der Waals surface area contributed by atoms with Crippen LogP contribution >= 0.6 is 11.3 Å². The second-order valence-corrected chi connectivity index (χ2v) is 5.26. The minimum Gasteiger partial charge on any atom is -0.477 e. The highest BCUT2D eigenvalue weighted by molar-refractivity contribution is 7.15. The van der Waals surface area contributed by atoms with E-state index in [0.717, 1.165) is 37.1 Å². The van der Waals surface area contributed by atoms with Gasteiger partial charge in [-0.15, -0.1) is 11.3 Å². The van der Waals surface area contributed by atoms with Crippen LogP contribution in [0.5, 0.6) is 0 Å². The average Bonchev–Trinajstić information content (AvgIpc) is 2.96. The lowest BCUT2D eigenvalue weighted by molar-refractivity contribution is 0.0700. The third kappa shape index (κ3) is 2.34. The Morgan fingerprint density at radius 3 is 2.76 bits per heavy atom. The van der Waals surface area contributed by atoms with Gasteiger partial charge in [-0.25, -0.2) is 4.79 Å². The molecule has 5 heteroatoms. The Morgan fingerprint density at radius 1 is 1.47 bits per heavy atom. The van der Waals surface area contributed by atoms with Gasteiger partial charge in [-0.05, 0) is 31.4 Å². The van der Waals surface area contributed by atoms with Crippen molar-refractivity contribution in [3.8, 4) is 0 Å². The fourth-order valence-corrected chi connectivity index (χ4v) is 3.04. The fourth-order valence-electron chi connectivity index (χ4n) is 2.24. The molecule has 2 rings (SSSR count). The summed E-state index contributed by atoms with van der Waals surface area (Å²) in [7, 11) is 0. The number of carboxylic acid groups (broad SMARTS) is 1. The van der Waals surface area contributed by atoms with Crippen molar-refractivity contribution in [2.24, 2.45) is 0 Å². The Bertz CT molecular complexity index is 441. The van der Waals surface area contributed by atoms with Gasteiger partial charge in [-0.1, -0.05) is 6.92 Å². The molecule has 0 aromatic carbocycles. The summed E-state index contributed by atoms with van der Waals surface area (Å²) < 4.78 is 0. The van der Waals surface area contributed by atoms with E-state index >= 15 is 0 Å². The van der Waals surface area contributed by atoms with E-state index in [9.17, 15) is 9.59 Å². The van der Waals surface area contributed by atoms with Gasteiger partial charge in [0, 0.05) is 12.6 Å². The number of aromatic carboxylic acids is 1. The van der Waals surface area contributed by atoms with Crippen molar-refractivity contribution in [2.75, 3.05) is 6.54 Å². The molecule has 1 atom stereocenters. The SMILES string of the molecule is CCC1CCCN1C(=O)c1ccc(C(=O)O)s1. The Labute approximate surface area is 104 Å². The van der Waals surface area contributed by atoms with Gasteiger partial charge in [0.15, 0.2) is 0 Å². The quantitative estimate of drug-likeness (QED) is 0.900. The second kappa shape index (κ2) is 4.87. The normalized spacial score (nSPS) is 19.6. The minimum atomic E-state index is -0.970. The third-order valence-electron chi connectivity index (χ3n) is 3.14. The number of rotatable bonds is 3. The highest BCUT2D eigenvalue weighted by Crippen LogP contribution is 2.25. The van der Waals surface area contributed by atoms with Crippen LogP contribution in [0, 0.1) is 0 Å². The lowest BCUT2D eigenvalue weighted by Crippen LogP contribution is -2.34. The van der Waals surface area contributed by atoms with E-state index in [0.29, 0.717) is 10.9 Å². The molecule has 0 bridgehead atoms. The number of hydrogen-bond acceptors (Lipinski definition) is 3. The molecule has 0 saturated carbocycles. The maximum Gasteiger partial charge on any atom is 0.345 e. The Morgan fingerprint density at radius 2 is 2.18 bits per heavy atom. The molecular formula is C12H15NO3S. The molecule has 1 amide bonds. The van der Waals surface area contributed by atoms with Gasteiger partial charge in [0.2, 0.25) is 0 Å². The van der Waals surface area contributed by atoms with Crippen molar-refractivity contribution in [3.05, 3.63) is 21.9 Å². The van der Waals surface area contributed by atoms with E-state index in [4.69, 9.17) is 5.11 Å². The van der Waals surface area contributed by atoms with Crippen LogP contribution in [0.15, 0.2) is 12.1 Å². The first kappa shape index (κ1) is 12.1. The first-order valence-electron chi connectivity index (χ1n) is 5.77. The van der Waals surface area contributed by atoms with E-state index in [2.05, 4.69) is 6.92 Å². The van der Waals surface area contributed by atoms with Crippen molar-refractivity contribution in [1.29, 1.82) is 0 Å². The van der Waals surface area contributed by atoms with Crippen LogP contribution in [0.3, 0.4) is 0 Å². The number of thiophene rings is 1. The number of carbonyl (C=O) groups is 2. The van der Waals surface area contributed by atoms with Crippen LogP contribution in [-0.4, -0.2) is 34.5 Å². The standard InChI is InChI=1S/C12H15NO3S/c1-2-8-4-3-7-13(8)11(14)9-5-6-10(17-9)12(15)16/h5-6,8H,2-4,7H2,1H3,(H,15,16). The minimum absolute atomic E-state index is 0.0214. The third-order valence-corrected chi connectivity index (χ3v) is 4.20. The molecule has 1 saturated heterocycles. The smallest absolute Gasteiger partial charge is 0.345 e. The number of amides is 1. The molecule has 1 aliphatic rings. The summed E-state index contributed by atoms with van der Waals surface area (Å²) in [6, 6.07) is 3.43. The molecular weight excluding hydrogens is 238 g/mol. The molecule has 1 aliphatic heterocycles. The maximum atomic E-state index is 12.2. The Kier molecular flexibility index (Phi) is 3.47. The molecule has 0 spiro atoms. The molecule has 0 aliphatic carbocycles. The van der Waals surface area contributed by atoms with E-state index in [-0.39, 0.29) is 10.8 Å². The number of carboxylic acids is 1. The first-order chi connectivity index (χ1) is 8.13. The molecule has 1 N–H and O–H groups in total. The summed E-state index contributed by atoms with van der Waals surface area (Å²) >= 11 is 1.06. The molecule has 1 unspecified atom stereocenters. The van der Waals surface area contributed by atoms with Crippen molar-refractivity contribution in [2.45, 2.75) is 32.2 Å². The van der Waals surface area contributed by atoms with Gasteiger partial charge in [0.05, 0.1) is 4.88 Å². The second-order valence-electron chi connectivity index (χ2n) is 4.17. The monoisotopic (exact) mass is 253 g/mol. The molecule has 2 heterocycles. The number of hydrogen-bond donors (Lipinski definition) is 1. The van der Waals surface area contributed by atoms with Gasteiger partial charge in [-0.2, -0.15) is 0 Å². The first-order valence-corrected chi connectivity index (χ1v) is 6.59. The lowest BCUT2D eigenvalue weighted by Gasteiger charge is -2.22. The van der Waals surface area contributed by atoms with Crippen LogP contribution in [-0.2, 0) is 0 Å². The Hall–Kier alpha value is -1.36. The van der Waals surface area contributed by atoms with Crippen molar-refractivity contribution in [1.82, 2.24) is 4.90 Å². The summed E-state index contributed by atoms with van der Waals surface area (Å²) in [5.74, 6) is -0.991. The van der Waals surface area contributed by atoms with E-state index in [1.807, 2.05) is 4.90 Å². The number of likely N-dealkylation sites (tertiary alicyclic amines) is 1. The van der Waals surface area contributed by atoms with Crippen molar-refractivity contribution in [3.63, 3.8) is 0 Å². The van der Waals surface area contributed by atoms with Gasteiger partial charge in [0.1, 0.15) is 4.88 Å². The molecule has 0 radical (unpaired) electrons. The van der Waals surface area contributed by atoms with Gasteiger partial charge >= 0.3 is 5.97 Å². The summed E-state index contributed by atoms with van der Waals surface area (Å²) in [5, 5.41) is 8.83. The summed E-state index contributed by atoms with van der Waals surface area (Å²) in [6.45, 7) is 2.87. The van der Waals surface area contributed by atoms with Gasteiger partial charge in [-0.3, -0.25) is 4.79 Å². The van der Waals surface area contributed by atoms with Crippen LogP contribution in [0.4, 0.5) is 0 Å². The highest BCUT2D eigenvalue weighted by Gasteiger charge is 2.29. The molecule has 92 valence electrons. The molecule has 17 heavy (non-hydrogen) atoms. The summed E-state index contributed by atoms with van der Waals surface area (Å²) in [5.41, 5.74) is 0. The summed E-state index contributed by atoms with van der Waals surface area (Å²) in [4.78, 5) is 25.6. The maximum absolute atomic E-state index is 12.2. The van der Waals surface area contributed by atoms with Crippen molar-refractivity contribution >= 4 is 23.2 Å². The predicted octanol–water partition coefficient (Wildman–Crippen LogP) is 2.46. The zero-order valence-corrected chi connectivity index (χ0v) is 10.5. The number of carbonyl (C=O) groups excluding carboxylic acids is 1. The topological polar surface area (TPSA) is 57.6 Å². The molecule has 1 aromatic heterocycles. The zero-order chi connectivity index (χ0) is 12.4. The van der Waals surface area contributed by atoms with Crippen LogP contribution in [0.25, 0.3) is 0 Å². The summed E-state index contributed by atoms with van der Waals surface area (Å²) in [6.07, 6.45) is 3.06. The number of nitrogens with zero attached hydrogens (tertiary/aromatic N) is 1. The molecule has 4 nitrogen and oxygen atoms in total. The van der Waals surface area contributed by atoms with Crippen LogP contribution in [0.2, 0.25) is 0 Å². The predicted molar refractivity (Wildman–Crippen MR) is 65.6 cm³/mol. The highest BCUT2D eigenvalue weighted by atomic mass is 32.1. The Balaban J connectivity index is 2.16. The molecule has 1 aromatic rings. The van der Waals surface area contributed by atoms with E-state index in [1.165, 1.54) is 6.07 Å². The largest absolute Gasteiger partial charge is 0.477 e. The zero-order valence-electron chi connectivity index (χ0n) is 9.68. The van der Waals surface area contributed by atoms with Crippen LogP contribution in [0.1, 0.15) is 45.5 Å². The van der Waals surface area contributed by atoms with Gasteiger partial charge < -0.3 is 10.0 Å².